The highest BCUT2D eigenvalue weighted by Crippen LogP contribution is 2.36. The van der Waals surface area contributed by atoms with Crippen molar-refractivity contribution in [1.29, 1.82) is 0 Å². The molecule has 0 aliphatic carbocycles. The maximum atomic E-state index is 13.5. The third-order valence-corrected chi connectivity index (χ3v) is 22.3. The smallest absolute Gasteiger partial charge is 0.324 e. The SMILES string of the molecule is Cc1ccc(NC(=O)Nc2cc(C(C)(C)C)nn2-c2ccc3c(c2)CCNC3)cc1Nc1nccc(-c2cccnc2)n1.Cc1ccc(NC(=O)Nc2cc(C(C)(C)C)nn2-c2ccc3c(c2)CCNC3)cc1Nc1ncccn1.Cc1ccc(NC(=O)Nc2cc(C(C)(C)C)nn2-c2ccc3nc(N4CCNCC4)ccc3c2)cc1Nc1nccc(-c2ccccc2)n1. The van der Waals surface area contributed by atoms with Crippen LogP contribution in [-0.2, 0) is 42.2 Å². The third-order valence-electron chi connectivity index (χ3n) is 22.3. The molecule has 15 aromatic rings. The zero-order chi connectivity index (χ0) is 89.9. The number of pyridine rings is 2. The molecule has 0 radical (unpaired) electrons. The molecule has 6 amide bonds. The van der Waals surface area contributed by atoms with Crippen LogP contribution in [0.3, 0.4) is 0 Å². The van der Waals surface area contributed by atoms with Crippen molar-refractivity contribution in [3.8, 4) is 39.6 Å². The molecule has 3 aliphatic rings. The fourth-order valence-electron chi connectivity index (χ4n) is 14.9. The number of hydrogen-bond donors (Lipinski definition) is 12. The first-order valence-electron chi connectivity index (χ1n) is 43.3. The molecule has 30 nitrogen and oxygen atoms in total. The Hall–Kier alpha value is -15.1. The Bertz CT molecular complexity index is 6540. The summed E-state index contributed by atoms with van der Waals surface area (Å²) in [5, 5.41) is 53.7. The highest BCUT2D eigenvalue weighted by molar-refractivity contribution is 6.02. The van der Waals surface area contributed by atoms with Gasteiger partial charge in [0.1, 0.15) is 23.3 Å². The van der Waals surface area contributed by atoms with E-state index < -0.39 is 0 Å². The first-order valence-corrected chi connectivity index (χ1v) is 43.3. The Kier molecular flexibility index (Phi) is 26.0. The van der Waals surface area contributed by atoms with E-state index >= 15 is 0 Å². The number of benzene rings is 7. The summed E-state index contributed by atoms with van der Waals surface area (Å²) in [5.74, 6) is 4.16. The number of fused-ring (bicyclic) bond motifs is 3. The number of aromatic nitrogens is 14. The van der Waals surface area contributed by atoms with Gasteiger partial charge in [0.15, 0.2) is 0 Å². The lowest BCUT2D eigenvalue weighted by Gasteiger charge is -2.28. The molecule has 656 valence electrons. The number of rotatable bonds is 18. The quantitative estimate of drug-likeness (QED) is 0.0380. The number of aryl methyl sites for hydroxylation is 3. The number of anilines is 13. The molecule has 0 unspecified atom stereocenters. The minimum Gasteiger partial charge on any atom is -0.354 e. The average Bonchev–Trinajstić information content (AvgIpc) is 1.67. The van der Waals surface area contributed by atoms with Gasteiger partial charge in [0.2, 0.25) is 17.8 Å². The van der Waals surface area contributed by atoms with E-state index in [2.05, 4.69) is 216 Å². The maximum Gasteiger partial charge on any atom is 0.324 e. The third kappa shape index (κ3) is 21.9. The Labute approximate surface area is 749 Å². The first kappa shape index (κ1) is 87.3. The molecule has 18 rings (SSSR count). The number of carbonyl (C=O) groups excluding carboxylic acids is 3. The molecule has 1 fully saturated rings. The minimum absolute atomic E-state index is 0.173. The van der Waals surface area contributed by atoms with E-state index in [4.69, 9.17) is 25.3 Å². The van der Waals surface area contributed by atoms with E-state index in [0.29, 0.717) is 52.4 Å². The highest BCUT2D eigenvalue weighted by Gasteiger charge is 2.28. The van der Waals surface area contributed by atoms with Crippen molar-refractivity contribution in [2.45, 2.75) is 125 Å². The summed E-state index contributed by atoms with van der Waals surface area (Å²) in [4.78, 5) is 77.8. The molecular weight excluding hydrogens is 1620 g/mol. The lowest BCUT2D eigenvalue weighted by Crippen LogP contribution is -2.43. The second-order valence-electron chi connectivity index (χ2n) is 35.2. The van der Waals surface area contributed by atoms with Crippen molar-refractivity contribution < 1.29 is 14.4 Å². The molecule has 11 heterocycles. The van der Waals surface area contributed by atoms with Gasteiger partial charge >= 0.3 is 18.1 Å². The molecule has 1 saturated heterocycles. The molecule has 0 spiro atoms. The second-order valence-corrected chi connectivity index (χ2v) is 35.2. The highest BCUT2D eigenvalue weighted by atomic mass is 16.2. The lowest BCUT2D eigenvalue weighted by atomic mass is 9.92. The van der Waals surface area contributed by atoms with Crippen LogP contribution in [0.4, 0.5) is 89.6 Å². The minimum atomic E-state index is -0.387. The van der Waals surface area contributed by atoms with Crippen LogP contribution in [0.25, 0.3) is 50.5 Å². The Morgan fingerprint density at radius 3 is 1.26 bits per heavy atom. The monoisotopic (exact) mass is 1720 g/mol. The number of carbonyl (C=O) groups is 3. The summed E-state index contributed by atoms with van der Waals surface area (Å²) < 4.78 is 5.41. The molecule has 0 atom stereocenters. The zero-order valence-electron chi connectivity index (χ0n) is 74.5. The van der Waals surface area contributed by atoms with Crippen LogP contribution in [0.2, 0.25) is 0 Å². The second kappa shape index (κ2) is 38.4. The number of nitrogens with one attached hydrogen (secondary N) is 12. The standard InChI is InChI=1S/C38H40N10O.C33H35N9O.C28H32N8O/c1-25-10-12-28(23-32(25)44-36-40-17-16-31(43-36)26-8-6-5-7-9-26)41-37(49)45-35-24-33(38(2,3)4)46-48(35)29-13-14-30-27(22-29)11-15-34(42-30)47-20-18-39-19-21-47;1-21-7-9-25(17-28(21)39-31-36-15-12-27(38-31)24-6-5-13-34-20-24)37-32(43)40-30-18-29(33(2,3)4)41-42(30)26-10-8-23-19-35-14-11-22(23)16-26;1-18-6-8-21(15-23(18)33-26-30-11-5-12-31-26)32-27(37)34-25-16-24(28(2,3)4)35-36(25)22-9-7-20-17-29-13-10-19(20)14-22/h5-17,22-24,39H,18-21H2,1-4H3,(H,40,43,44)(H2,41,45,49);5-10,12-13,15-18,20,35H,11,14,19H2,1-4H3,(H,36,38,39)(H2,37,40,43);5-9,11-12,14-16,29H,10,13,17H2,1-4H3,(H,30,31,33)(H2,32,34,37). The summed E-state index contributed by atoms with van der Waals surface area (Å²) in [7, 11) is 0. The predicted molar refractivity (Wildman–Crippen MR) is 514 cm³/mol. The summed E-state index contributed by atoms with van der Waals surface area (Å²) in [6, 6.07) is 63.9. The van der Waals surface area contributed by atoms with Gasteiger partial charge in [-0.2, -0.15) is 15.3 Å². The van der Waals surface area contributed by atoms with Crippen molar-refractivity contribution in [1.82, 2.24) is 85.2 Å². The van der Waals surface area contributed by atoms with Crippen molar-refractivity contribution in [2.75, 3.05) is 92.0 Å². The van der Waals surface area contributed by atoms with Crippen LogP contribution in [0, 0.1) is 20.8 Å². The van der Waals surface area contributed by atoms with Crippen LogP contribution in [-0.4, -0.2) is 127 Å². The Morgan fingerprint density at radius 1 is 0.364 bits per heavy atom. The molecular formula is C99H107N27O3. The molecule has 129 heavy (non-hydrogen) atoms. The van der Waals surface area contributed by atoms with Crippen LogP contribution < -0.4 is 68.7 Å². The van der Waals surface area contributed by atoms with Crippen molar-refractivity contribution in [2.24, 2.45) is 0 Å². The summed E-state index contributed by atoms with van der Waals surface area (Å²) in [6.07, 6.45) is 12.2. The summed E-state index contributed by atoms with van der Waals surface area (Å²) >= 11 is 0. The van der Waals surface area contributed by atoms with Crippen LogP contribution >= 0.6 is 0 Å². The number of hydrogen-bond acceptors (Lipinski definition) is 21. The van der Waals surface area contributed by atoms with Gasteiger partial charge in [-0.1, -0.05) is 123 Å². The lowest BCUT2D eigenvalue weighted by molar-refractivity contribution is 0.261. The van der Waals surface area contributed by atoms with Gasteiger partial charge < -0.3 is 52.8 Å². The Balaban J connectivity index is 0.000000143. The van der Waals surface area contributed by atoms with Gasteiger partial charge in [0.05, 0.1) is 51.0 Å². The molecule has 12 N–H and O–H groups in total. The van der Waals surface area contributed by atoms with Crippen LogP contribution in [0.5, 0.6) is 0 Å². The summed E-state index contributed by atoms with van der Waals surface area (Å²) in [5.41, 5.74) is 21.6. The van der Waals surface area contributed by atoms with E-state index in [1.807, 2.05) is 170 Å². The van der Waals surface area contributed by atoms with Crippen molar-refractivity contribution in [3.63, 3.8) is 0 Å². The summed E-state index contributed by atoms with van der Waals surface area (Å²) in [6.45, 7) is 32.4. The largest absolute Gasteiger partial charge is 0.354 e. The van der Waals surface area contributed by atoms with Gasteiger partial charge in [0.25, 0.3) is 0 Å². The van der Waals surface area contributed by atoms with Gasteiger partial charge in [0, 0.05) is 162 Å². The zero-order valence-corrected chi connectivity index (χ0v) is 74.5. The van der Waals surface area contributed by atoms with Gasteiger partial charge in [-0.3, -0.25) is 20.9 Å². The van der Waals surface area contributed by atoms with Crippen molar-refractivity contribution >= 4 is 104 Å². The number of piperazine rings is 1. The van der Waals surface area contributed by atoms with Crippen molar-refractivity contribution in [3.05, 3.63) is 293 Å². The first-order chi connectivity index (χ1) is 62.2. The average molecular weight is 1720 g/mol. The van der Waals surface area contributed by atoms with E-state index in [0.717, 1.165) is 172 Å². The van der Waals surface area contributed by atoms with E-state index in [1.54, 1.807) is 47.9 Å². The number of nitrogens with zero attached hydrogens (tertiary/aromatic N) is 15. The number of urea groups is 3. The maximum absolute atomic E-state index is 13.5. The molecule has 3 aliphatic heterocycles. The van der Waals surface area contributed by atoms with E-state index in [-0.39, 0.29) is 34.3 Å². The molecule has 30 heteroatoms. The van der Waals surface area contributed by atoms with Crippen LogP contribution in [0.1, 0.15) is 118 Å². The molecule has 0 saturated carbocycles. The van der Waals surface area contributed by atoms with Gasteiger partial charge in [-0.05, 0) is 207 Å². The predicted octanol–water partition coefficient (Wildman–Crippen LogP) is 18.9. The fourth-order valence-corrected chi connectivity index (χ4v) is 14.9. The Morgan fingerprint density at radius 2 is 0.798 bits per heavy atom. The van der Waals surface area contributed by atoms with Gasteiger partial charge in [-0.25, -0.2) is 63.3 Å². The molecule has 0 bridgehead atoms. The van der Waals surface area contributed by atoms with E-state index in [1.165, 1.54) is 22.3 Å². The van der Waals surface area contributed by atoms with Gasteiger partial charge in [-0.15, -0.1) is 0 Å². The molecule has 7 aromatic carbocycles. The molecule has 8 aromatic heterocycles. The number of amides is 6. The van der Waals surface area contributed by atoms with Crippen LogP contribution in [0.15, 0.2) is 237 Å². The van der Waals surface area contributed by atoms with E-state index in [9.17, 15) is 14.4 Å². The topological polar surface area (TPSA) is 355 Å². The normalized spacial score (nSPS) is 13.1. The fraction of sp³-hybridized carbons (Fsp3) is 0.253.